The minimum absolute atomic E-state index is 1.04. The Morgan fingerprint density at radius 3 is 2.92 bits per heavy atom. The maximum atomic E-state index is 4.23. The smallest absolute Gasteiger partial charge is 0.0518 e. The van der Waals surface area contributed by atoms with E-state index in [1.165, 1.54) is 18.4 Å². The van der Waals surface area contributed by atoms with Gasteiger partial charge in [0.25, 0.3) is 0 Å². The molecule has 3 nitrogen and oxygen atoms in total. The average molecular weight is 181 g/mol. The molecule has 74 valence electrons. The first-order chi connectivity index (χ1) is 6.33. The summed E-state index contributed by atoms with van der Waals surface area (Å²) in [5.74, 6) is 0. The van der Waals surface area contributed by atoms with Crippen LogP contribution in [-0.4, -0.2) is 22.9 Å². The third-order valence-electron chi connectivity index (χ3n) is 2.00. The number of nitrogens with one attached hydrogen (secondary N) is 1. The van der Waals surface area contributed by atoms with E-state index in [2.05, 4.69) is 30.5 Å². The molecule has 1 heterocycles. The minimum Gasteiger partial charge on any atom is -0.317 e. The Balaban J connectivity index is 2.06. The lowest BCUT2D eigenvalue weighted by molar-refractivity contribution is 0.540. The van der Waals surface area contributed by atoms with E-state index >= 15 is 0 Å². The molecule has 0 aliphatic heterocycles. The van der Waals surface area contributed by atoms with Gasteiger partial charge in [0.1, 0.15) is 0 Å². The predicted octanol–water partition coefficient (Wildman–Crippen LogP) is 1.58. The molecular weight excluding hydrogens is 162 g/mol. The Morgan fingerprint density at radius 1 is 1.46 bits per heavy atom. The number of unbranched alkanes of at least 4 members (excludes halogenated alkanes) is 1. The Morgan fingerprint density at radius 2 is 2.31 bits per heavy atom. The molecule has 1 aromatic heterocycles. The molecule has 0 radical (unpaired) electrons. The number of aromatic nitrogens is 2. The molecule has 0 aromatic carbocycles. The van der Waals surface area contributed by atoms with Crippen LogP contribution in [0.15, 0.2) is 12.4 Å². The highest BCUT2D eigenvalue weighted by Crippen LogP contribution is 1.97. The summed E-state index contributed by atoms with van der Waals surface area (Å²) in [7, 11) is 0. The van der Waals surface area contributed by atoms with Gasteiger partial charge >= 0.3 is 0 Å². The number of rotatable bonds is 6. The van der Waals surface area contributed by atoms with Crippen LogP contribution in [-0.2, 0) is 6.54 Å². The molecule has 1 N–H and O–H groups in total. The highest BCUT2D eigenvalue weighted by molar-refractivity contribution is 4.99. The summed E-state index contributed by atoms with van der Waals surface area (Å²) >= 11 is 0. The molecule has 1 rings (SSSR count). The zero-order valence-corrected chi connectivity index (χ0v) is 8.58. The second-order valence-electron chi connectivity index (χ2n) is 3.34. The quantitative estimate of drug-likeness (QED) is 0.675. The van der Waals surface area contributed by atoms with Gasteiger partial charge in [-0.3, -0.25) is 4.68 Å². The first-order valence-electron chi connectivity index (χ1n) is 5.02. The average Bonchev–Trinajstić information content (AvgIpc) is 2.51. The number of hydrogen-bond donors (Lipinski definition) is 1. The zero-order chi connectivity index (χ0) is 9.52. The van der Waals surface area contributed by atoms with Crippen LogP contribution in [0.3, 0.4) is 0 Å². The van der Waals surface area contributed by atoms with Gasteiger partial charge in [-0.15, -0.1) is 0 Å². The molecule has 0 spiro atoms. The number of hydrogen-bond acceptors (Lipinski definition) is 2. The van der Waals surface area contributed by atoms with Crippen LogP contribution in [0.5, 0.6) is 0 Å². The Labute approximate surface area is 80.1 Å². The second kappa shape index (κ2) is 5.75. The van der Waals surface area contributed by atoms with E-state index in [0.29, 0.717) is 0 Å². The molecule has 0 aliphatic carbocycles. The predicted molar refractivity (Wildman–Crippen MR) is 54.7 cm³/mol. The molecule has 13 heavy (non-hydrogen) atoms. The molecular formula is C10H19N3. The van der Waals surface area contributed by atoms with Crippen LogP contribution >= 0.6 is 0 Å². The highest BCUT2D eigenvalue weighted by Gasteiger charge is 1.93. The van der Waals surface area contributed by atoms with Crippen molar-refractivity contribution in [2.75, 3.05) is 13.1 Å². The van der Waals surface area contributed by atoms with Gasteiger partial charge in [0, 0.05) is 12.7 Å². The Hall–Kier alpha value is -0.830. The molecule has 1 aromatic rings. The molecule has 0 amide bonds. The van der Waals surface area contributed by atoms with Crippen molar-refractivity contribution < 1.29 is 0 Å². The molecule has 0 fully saturated rings. The van der Waals surface area contributed by atoms with E-state index in [1.807, 2.05) is 10.9 Å². The Bertz CT molecular complexity index is 230. The third-order valence-corrected chi connectivity index (χ3v) is 2.00. The highest BCUT2D eigenvalue weighted by atomic mass is 15.3. The second-order valence-corrected chi connectivity index (χ2v) is 3.34. The topological polar surface area (TPSA) is 29.9 Å². The monoisotopic (exact) mass is 181 g/mol. The first kappa shape index (κ1) is 10.3. The van der Waals surface area contributed by atoms with E-state index in [4.69, 9.17) is 0 Å². The largest absolute Gasteiger partial charge is 0.317 e. The molecule has 0 unspecified atom stereocenters. The van der Waals surface area contributed by atoms with Crippen molar-refractivity contribution in [1.82, 2.24) is 15.1 Å². The minimum atomic E-state index is 1.04. The van der Waals surface area contributed by atoms with Crippen molar-refractivity contribution in [1.29, 1.82) is 0 Å². The molecule has 0 bridgehead atoms. The van der Waals surface area contributed by atoms with E-state index in [9.17, 15) is 0 Å². The van der Waals surface area contributed by atoms with Gasteiger partial charge in [0.15, 0.2) is 0 Å². The number of aryl methyl sites for hydroxylation is 2. The summed E-state index contributed by atoms with van der Waals surface area (Å²) in [6, 6.07) is 0. The zero-order valence-electron chi connectivity index (χ0n) is 8.58. The first-order valence-corrected chi connectivity index (χ1v) is 5.02. The van der Waals surface area contributed by atoms with Crippen LogP contribution in [0, 0.1) is 6.92 Å². The van der Waals surface area contributed by atoms with Crippen molar-refractivity contribution in [3.63, 3.8) is 0 Å². The molecule has 0 saturated heterocycles. The van der Waals surface area contributed by atoms with Crippen LogP contribution in [0.25, 0.3) is 0 Å². The lowest BCUT2D eigenvalue weighted by atomic mass is 10.3. The molecule has 3 heteroatoms. The van der Waals surface area contributed by atoms with Crippen molar-refractivity contribution in [2.45, 2.75) is 33.2 Å². The van der Waals surface area contributed by atoms with Crippen molar-refractivity contribution in [3.05, 3.63) is 18.0 Å². The van der Waals surface area contributed by atoms with E-state index in [1.54, 1.807) is 0 Å². The van der Waals surface area contributed by atoms with Crippen LogP contribution < -0.4 is 5.32 Å². The van der Waals surface area contributed by atoms with E-state index < -0.39 is 0 Å². The summed E-state index contributed by atoms with van der Waals surface area (Å²) in [6.07, 6.45) is 6.43. The summed E-state index contributed by atoms with van der Waals surface area (Å²) < 4.78 is 2.02. The van der Waals surface area contributed by atoms with Gasteiger partial charge < -0.3 is 5.32 Å². The van der Waals surface area contributed by atoms with Gasteiger partial charge in [0.2, 0.25) is 0 Å². The lowest BCUT2D eigenvalue weighted by Crippen LogP contribution is -2.14. The van der Waals surface area contributed by atoms with Crippen LogP contribution in [0.2, 0.25) is 0 Å². The third kappa shape index (κ3) is 4.08. The van der Waals surface area contributed by atoms with Crippen molar-refractivity contribution in [3.8, 4) is 0 Å². The summed E-state index contributed by atoms with van der Waals surface area (Å²) in [6.45, 7) is 7.44. The fraction of sp³-hybridized carbons (Fsp3) is 0.700. The lowest BCUT2D eigenvalue weighted by Gasteiger charge is -2.01. The SMILES string of the molecule is CCNCCCCn1cc(C)cn1. The summed E-state index contributed by atoms with van der Waals surface area (Å²) in [4.78, 5) is 0. The van der Waals surface area contributed by atoms with Gasteiger partial charge in [-0.25, -0.2) is 0 Å². The van der Waals surface area contributed by atoms with Gasteiger partial charge in [-0.1, -0.05) is 6.92 Å². The summed E-state index contributed by atoms with van der Waals surface area (Å²) in [5.41, 5.74) is 1.24. The molecule has 0 aliphatic rings. The van der Waals surface area contributed by atoms with Gasteiger partial charge in [0.05, 0.1) is 6.20 Å². The van der Waals surface area contributed by atoms with E-state index in [-0.39, 0.29) is 0 Å². The molecule has 0 saturated carbocycles. The number of nitrogens with zero attached hydrogens (tertiary/aromatic N) is 2. The van der Waals surface area contributed by atoms with Crippen molar-refractivity contribution in [2.24, 2.45) is 0 Å². The normalized spacial score (nSPS) is 10.6. The van der Waals surface area contributed by atoms with Crippen molar-refractivity contribution >= 4 is 0 Å². The summed E-state index contributed by atoms with van der Waals surface area (Å²) in [5, 5.41) is 7.54. The maximum Gasteiger partial charge on any atom is 0.0518 e. The van der Waals surface area contributed by atoms with Crippen LogP contribution in [0.1, 0.15) is 25.3 Å². The fourth-order valence-corrected chi connectivity index (χ4v) is 1.29. The van der Waals surface area contributed by atoms with Gasteiger partial charge in [-0.2, -0.15) is 5.10 Å². The van der Waals surface area contributed by atoms with Crippen LogP contribution in [0.4, 0.5) is 0 Å². The maximum absolute atomic E-state index is 4.23. The fourth-order valence-electron chi connectivity index (χ4n) is 1.29. The van der Waals surface area contributed by atoms with E-state index in [0.717, 1.165) is 19.6 Å². The molecule has 0 atom stereocenters. The van der Waals surface area contributed by atoms with Gasteiger partial charge in [-0.05, 0) is 38.4 Å². The Kier molecular flexibility index (Phi) is 4.54. The standard InChI is InChI=1S/C10H19N3/c1-3-11-6-4-5-7-13-9-10(2)8-12-13/h8-9,11H,3-7H2,1-2H3.